The van der Waals surface area contributed by atoms with Crippen LogP contribution in [0.3, 0.4) is 0 Å². The van der Waals surface area contributed by atoms with E-state index in [1.54, 1.807) is 0 Å². The molecule has 16 heavy (non-hydrogen) atoms. The zero-order valence-electron chi connectivity index (χ0n) is 10.0. The highest BCUT2D eigenvalue weighted by Gasteiger charge is 2.14. The van der Waals surface area contributed by atoms with Crippen LogP contribution in [0, 0.1) is 22.7 Å². The number of nitrogens with zero attached hydrogens (tertiary/aromatic N) is 2. The van der Waals surface area contributed by atoms with Crippen molar-refractivity contribution in [3.63, 3.8) is 0 Å². The molecule has 0 fully saturated rings. The minimum atomic E-state index is 0.282. The van der Waals surface area contributed by atoms with Gasteiger partial charge in [0.15, 0.2) is 0 Å². The lowest BCUT2D eigenvalue weighted by molar-refractivity contribution is 0.841. The minimum absolute atomic E-state index is 0.282. The van der Waals surface area contributed by atoms with Crippen LogP contribution in [-0.4, -0.2) is 0 Å². The van der Waals surface area contributed by atoms with Crippen molar-refractivity contribution in [2.24, 2.45) is 0 Å². The van der Waals surface area contributed by atoms with Crippen molar-refractivity contribution < 1.29 is 0 Å². The van der Waals surface area contributed by atoms with E-state index in [1.807, 2.05) is 19.1 Å². The third kappa shape index (κ3) is 2.23. The highest BCUT2D eigenvalue weighted by Crippen LogP contribution is 2.27. The zero-order chi connectivity index (χ0) is 12.1. The van der Waals surface area contributed by atoms with Crippen LogP contribution in [0.4, 0.5) is 0 Å². The third-order valence-electron chi connectivity index (χ3n) is 2.76. The fourth-order valence-corrected chi connectivity index (χ4v) is 2.03. The summed E-state index contributed by atoms with van der Waals surface area (Å²) in [6.45, 7) is 6.18. The van der Waals surface area contributed by atoms with Crippen molar-refractivity contribution >= 4 is 0 Å². The van der Waals surface area contributed by atoms with Crippen molar-refractivity contribution in [2.45, 2.75) is 39.5 Å². The molecule has 1 aromatic rings. The fourth-order valence-electron chi connectivity index (χ4n) is 2.03. The van der Waals surface area contributed by atoms with Gasteiger partial charge in [-0.25, -0.2) is 0 Å². The molecule has 0 amide bonds. The first-order valence-electron chi connectivity index (χ1n) is 5.57. The molecule has 0 radical (unpaired) electrons. The summed E-state index contributed by atoms with van der Waals surface area (Å²) in [7, 11) is 0. The molecule has 0 aliphatic heterocycles. The Morgan fingerprint density at radius 1 is 1.19 bits per heavy atom. The molecule has 1 rings (SSSR count). The van der Waals surface area contributed by atoms with Gasteiger partial charge in [0.2, 0.25) is 0 Å². The molecule has 0 aliphatic carbocycles. The summed E-state index contributed by atoms with van der Waals surface area (Å²) in [5.74, 6) is 0.282. The van der Waals surface area contributed by atoms with E-state index >= 15 is 0 Å². The molecule has 0 heterocycles. The van der Waals surface area contributed by atoms with E-state index in [0.717, 1.165) is 28.7 Å². The van der Waals surface area contributed by atoms with Crippen LogP contribution in [0.5, 0.6) is 0 Å². The number of nitriles is 2. The molecule has 0 atom stereocenters. The molecule has 0 saturated heterocycles. The van der Waals surface area contributed by atoms with Crippen molar-refractivity contribution in [3.8, 4) is 12.1 Å². The first-order chi connectivity index (χ1) is 7.65. The Hall–Kier alpha value is -1.80. The first-order valence-corrected chi connectivity index (χ1v) is 5.57. The minimum Gasteiger partial charge on any atom is -0.198 e. The topological polar surface area (TPSA) is 47.6 Å². The standard InChI is InChI=1S/C14H16N2/c1-4-11-5-6-12(7-8-15)14(10(2)3)13(11)9-16/h5-6,10H,4,7H2,1-3H3. The number of rotatable bonds is 3. The Kier molecular flexibility index (Phi) is 4.09. The first kappa shape index (κ1) is 12.3. The van der Waals surface area contributed by atoms with Crippen LogP contribution in [0.15, 0.2) is 12.1 Å². The Morgan fingerprint density at radius 2 is 1.81 bits per heavy atom. The fraction of sp³-hybridized carbons (Fsp3) is 0.429. The van der Waals surface area contributed by atoms with Gasteiger partial charge in [0.05, 0.1) is 24.1 Å². The van der Waals surface area contributed by atoms with E-state index in [9.17, 15) is 5.26 Å². The summed E-state index contributed by atoms with van der Waals surface area (Å²) in [6, 6.07) is 8.40. The molecule has 2 nitrogen and oxygen atoms in total. The summed E-state index contributed by atoms with van der Waals surface area (Å²) in [4.78, 5) is 0. The number of benzene rings is 1. The third-order valence-corrected chi connectivity index (χ3v) is 2.76. The van der Waals surface area contributed by atoms with Crippen molar-refractivity contribution in [1.82, 2.24) is 0 Å². The lowest BCUT2D eigenvalue weighted by Crippen LogP contribution is -2.03. The quantitative estimate of drug-likeness (QED) is 0.771. The lowest BCUT2D eigenvalue weighted by atomic mass is 9.87. The smallest absolute Gasteiger partial charge is 0.0997 e. The molecule has 0 bridgehead atoms. The van der Waals surface area contributed by atoms with Crippen molar-refractivity contribution in [1.29, 1.82) is 10.5 Å². The van der Waals surface area contributed by atoms with Gasteiger partial charge in [0, 0.05) is 0 Å². The van der Waals surface area contributed by atoms with Crippen LogP contribution < -0.4 is 0 Å². The Bertz CT molecular complexity index is 459. The van der Waals surface area contributed by atoms with Crippen molar-refractivity contribution in [2.75, 3.05) is 0 Å². The zero-order valence-corrected chi connectivity index (χ0v) is 10.0. The maximum atomic E-state index is 9.24. The van der Waals surface area contributed by atoms with Gasteiger partial charge >= 0.3 is 0 Å². The number of aryl methyl sites for hydroxylation is 1. The van der Waals surface area contributed by atoms with E-state index in [1.165, 1.54) is 0 Å². The van der Waals surface area contributed by atoms with Crippen molar-refractivity contribution in [3.05, 3.63) is 34.4 Å². The second-order valence-corrected chi connectivity index (χ2v) is 4.13. The predicted octanol–water partition coefficient (Wildman–Crippen LogP) is 3.31. The molecule has 0 aliphatic rings. The summed E-state index contributed by atoms with van der Waals surface area (Å²) in [5.41, 5.74) is 3.88. The van der Waals surface area contributed by atoms with E-state index in [2.05, 4.69) is 26.0 Å². The van der Waals surface area contributed by atoms with Gasteiger partial charge in [-0.15, -0.1) is 0 Å². The van der Waals surface area contributed by atoms with Gasteiger partial charge in [0.25, 0.3) is 0 Å². The van der Waals surface area contributed by atoms with Gasteiger partial charge in [-0.1, -0.05) is 32.9 Å². The van der Waals surface area contributed by atoms with Crippen LogP contribution in [0.1, 0.15) is 48.9 Å². The summed E-state index contributed by atoms with van der Waals surface area (Å²) in [6.07, 6.45) is 1.24. The van der Waals surface area contributed by atoms with E-state index in [4.69, 9.17) is 5.26 Å². The summed E-state index contributed by atoms with van der Waals surface area (Å²) in [5, 5.41) is 18.0. The molecule has 1 aromatic carbocycles. The van der Waals surface area contributed by atoms with Crippen LogP contribution in [0.2, 0.25) is 0 Å². The Morgan fingerprint density at radius 3 is 2.25 bits per heavy atom. The summed E-state index contributed by atoms with van der Waals surface area (Å²) >= 11 is 0. The van der Waals surface area contributed by atoms with Crippen LogP contribution >= 0.6 is 0 Å². The molecular weight excluding hydrogens is 196 g/mol. The normalized spacial score (nSPS) is 9.88. The van der Waals surface area contributed by atoms with Gasteiger partial charge in [0.1, 0.15) is 0 Å². The average molecular weight is 212 g/mol. The van der Waals surface area contributed by atoms with Gasteiger partial charge in [-0.2, -0.15) is 10.5 Å². The van der Waals surface area contributed by atoms with Gasteiger partial charge in [-0.3, -0.25) is 0 Å². The van der Waals surface area contributed by atoms with Gasteiger partial charge in [-0.05, 0) is 29.0 Å². The molecule has 0 spiro atoms. The average Bonchev–Trinajstić information content (AvgIpc) is 2.28. The Labute approximate surface area is 97.1 Å². The van der Waals surface area contributed by atoms with Crippen LogP contribution in [0.25, 0.3) is 0 Å². The molecule has 0 N–H and O–H groups in total. The van der Waals surface area contributed by atoms with E-state index in [0.29, 0.717) is 6.42 Å². The van der Waals surface area contributed by atoms with E-state index < -0.39 is 0 Å². The second-order valence-electron chi connectivity index (χ2n) is 4.13. The number of hydrogen-bond donors (Lipinski definition) is 0. The van der Waals surface area contributed by atoms with Crippen LogP contribution in [-0.2, 0) is 12.8 Å². The number of hydrogen-bond acceptors (Lipinski definition) is 2. The molecule has 2 heteroatoms. The second kappa shape index (κ2) is 5.33. The maximum Gasteiger partial charge on any atom is 0.0997 e. The molecule has 0 unspecified atom stereocenters. The van der Waals surface area contributed by atoms with Gasteiger partial charge < -0.3 is 0 Å². The highest BCUT2D eigenvalue weighted by atomic mass is 14.3. The lowest BCUT2D eigenvalue weighted by Gasteiger charge is -2.15. The molecule has 82 valence electrons. The van der Waals surface area contributed by atoms with E-state index in [-0.39, 0.29) is 5.92 Å². The predicted molar refractivity (Wildman–Crippen MR) is 63.9 cm³/mol. The summed E-state index contributed by atoms with van der Waals surface area (Å²) < 4.78 is 0. The maximum absolute atomic E-state index is 9.24. The molecular formula is C14H16N2. The molecule has 0 aromatic heterocycles. The SMILES string of the molecule is CCc1ccc(CC#N)c(C(C)C)c1C#N. The molecule has 0 saturated carbocycles. The highest BCUT2D eigenvalue weighted by molar-refractivity contribution is 5.50. The largest absolute Gasteiger partial charge is 0.198 e. The Balaban J connectivity index is 3.47. The monoisotopic (exact) mass is 212 g/mol.